The minimum absolute atomic E-state index is 0.0408. The molecule has 2 unspecified atom stereocenters. The number of hydrogen-bond donors (Lipinski definition) is 1. The van der Waals surface area contributed by atoms with Crippen LogP contribution in [-0.4, -0.2) is 52.6 Å². The summed E-state index contributed by atoms with van der Waals surface area (Å²) in [7, 11) is 0.129. The Kier molecular flexibility index (Phi) is 8.61. The van der Waals surface area contributed by atoms with E-state index in [0.29, 0.717) is 6.42 Å². The van der Waals surface area contributed by atoms with Crippen molar-refractivity contribution in [2.75, 3.05) is 25.2 Å². The molecule has 17 heavy (non-hydrogen) atoms. The van der Waals surface area contributed by atoms with Gasteiger partial charge in [-0.05, 0) is 13.3 Å². The van der Waals surface area contributed by atoms with Gasteiger partial charge in [0.2, 0.25) is 0 Å². The van der Waals surface area contributed by atoms with Crippen molar-refractivity contribution in [3.8, 4) is 0 Å². The molecule has 0 saturated heterocycles. The molecule has 0 aliphatic heterocycles. The van der Waals surface area contributed by atoms with E-state index in [4.69, 9.17) is 14.6 Å². The molecular weight excluding hydrogens is 248 g/mol. The maximum absolute atomic E-state index is 11.4. The highest BCUT2D eigenvalue weighted by molar-refractivity contribution is 7.85. The number of carbonyl (C=O) groups excluding carboxylic acids is 1. The molecule has 2 atom stereocenters. The van der Waals surface area contributed by atoms with Crippen LogP contribution < -0.4 is 0 Å². The van der Waals surface area contributed by atoms with E-state index in [1.54, 1.807) is 6.92 Å². The molecule has 0 spiro atoms. The van der Waals surface area contributed by atoms with Crippen molar-refractivity contribution in [3.05, 3.63) is 0 Å². The average Bonchev–Trinajstić information content (AvgIpc) is 2.16. The van der Waals surface area contributed by atoms with Crippen LogP contribution in [0.3, 0.4) is 0 Å². The van der Waals surface area contributed by atoms with Gasteiger partial charge in [-0.25, -0.2) is 0 Å². The number of ether oxygens (including phenoxy) is 2. The summed E-state index contributed by atoms with van der Waals surface area (Å²) in [4.78, 5) is 21.5. The Morgan fingerprint density at radius 1 is 1.41 bits per heavy atom. The molecule has 100 valence electrons. The lowest BCUT2D eigenvalue weighted by molar-refractivity contribution is -0.147. The van der Waals surface area contributed by atoms with Crippen LogP contribution >= 0.6 is 0 Å². The molecule has 0 heterocycles. The van der Waals surface area contributed by atoms with E-state index < -0.39 is 22.7 Å². The second-order valence-corrected chi connectivity index (χ2v) is 5.12. The molecule has 0 radical (unpaired) electrons. The van der Waals surface area contributed by atoms with Crippen LogP contribution in [0.2, 0.25) is 0 Å². The van der Waals surface area contributed by atoms with Crippen molar-refractivity contribution < 1.29 is 28.4 Å². The van der Waals surface area contributed by atoms with Gasteiger partial charge >= 0.3 is 11.9 Å². The van der Waals surface area contributed by atoms with Crippen LogP contribution in [0.1, 0.15) is 19.8 Å². The zero-order valence-corrected chi connectivity index (χ0v) is 10.8. The fourth-order valence-electron chi connectivity index (χ4n) is 1.12. The largest absolute Gasteiger partial charge is 0.481 e. The third kappa shape index (κ3) is 9.95. The maximum Gasteiger partial charge on any atom is 0.318 e. The molecule has 0 aromatic carbocycles. The minimum Gasteiger partial charge on any atom is -0.481 e. The number of aliphatic carboxylic acids is 1. The Bertz CT molecular complexity index is 278. The molecule has 0 rings (SSSR count). The summed E-state index contributed by atoms with van der Waals surface area (Å²) in [5, 5.41) is 8.38. The van der Waals surface area contributed by atoms with Gasteiger partial charge < -0.3 is 14.6 Å². The van der Waals surface area contributed by atoms with Gasteiger partial charge in [-0.2, -0.15) is 0 Å². The van der Waals surface area contributed by atoms with E-state index in [-0.39, 0.29) is 30.6 Å². The molecule has 0 aromatic heterocycles. The lowest BCUT2D eigenvalue weighted by Gasteiger charge is -2.11. The molecule has 1 N–H and O–H groups in total. The predicted molar refractivity (Wildman–Crippen MR) is 62.2 cm³/mol. The van der Waals surface area contributed by atoms with Gasteiger partial charge in [0.05, 0.1) is 6.61 Å². The number of methoxy groups -OCH3 is 1. The van der Waals surface area contributed by atoms with E-state index in [1.165, 1.54) is 7.11 Å². The number of esters is 1. The van der Waals surface area contributed by atoms with Crippen LogP contribution in [0.25, 0.3) is 0 Å². The Labute approximate surface area is 103 Å². The van der Waals surface area contributed by atoms with Crippen LogP contribution in [-0.2, 0) is 29.9 Å². The first kappa shape index (κ1) is 16.1. The Morgan fingerprint density at radius 2 is 2.06 bits per heavy atom. The van der Waals surface area contributed by atoms with Crippen molar-refractivity contribution >= 4 is 22.7 Å². The van der Waals surface area contributed by atoms with Crippen molar-refractivity contribution in [2.24, 2.45) is 0 Å². The third-order valence-electron chi connectivity index (χ3n) is 1.78. The first-order valence-electron chi connectivity index (χ1n) is 5.21. The van der Waals surface area contributed by atoms with E-state index in [2.05, 4.69) is 0 Å². The quantitative estimate of drug-likeness (QED) is 0.599. The Balaban J connectivity index is 3.72. The van der Waals surface area contributed by atoms with E-state index >= 15 is 0 Å². The summed E-state index contributed by atoms with van der Waals surface area (Å²) >= 11 is 0. The van der Waals surface area contributed by atoms with E-state index in [0.717, 1.165) is 0 Å². The highest BCUT2D eigenvalue weighted by Gasteiger charge is 2.13. The second kappa shape index (κ2) is 9.12. The smallest absolute Gasteiger partial charge is 0.318 e. The highest BCUT2D eigenvalue weighted by atomic mass is 32.2. The molecule has 0 aliphatic carbocycles. The fourth-order valence-corrected chi connectivity index (χ4v) is 2.06. The third-order valence-corrected chi connectivity index (χ3v) is 3.08. The second-order valence-electron chi connectivity index (χ2n) is 3.54. The van der Waals surface area contributed by atoms with Gasteiger partial charge in [0.15, 0.2) is 0 Å². The monoisotopic (exact) mass is 266 g/mol. The molecule has 0 amide bonds. The van der Waals surface area contributed by atoms with Crippen molar-refractivity contribution in [1.29, 1.82) is 0 Å². The summed E-state index contributed by atoms with van der Waals surface area (Å²) in [6.07, 6.45) is -0.118. The van der Waals surface area contributed by atoms with Gasteiger partial charge in [-0.3, -0.25) is 13.8 Å². The zero-order valence-electron chi connectivity index (χ0n) is 10.0. The van der Waals surface area contributed by atoms with E-state index in [9.17, 15) is 13.8 Å². The molecular formula is C10H18O6S. The highest BCUT2D eigenvalue weighted by Crippen LogP contribution is 1.97. The zero-order chi connectivity index (χ0) is 13.3. The first-order chi connectivity index (χ1) is 7.95. The summed E-state index contributed by atoms with van der Waals surface area (Å²) in [5.74, 6) is -1.49. The van der Waals surface area contributed by atoms with Crippen molar-refractivity contribution in [1.82, 2.24) is 0 Å². The SMILES string of the molecule is COCC(C)OC(=O)CS(=O)CCCC(=O)O. The lowest BCUT2D eigenvalue weighted by atomic mass is 10.3. The van der Waals surface area contributed by atoms with Gasteiger partial charge in [-0.1, -0.05) is 0 Å². The van der Waals surface area contributed by atoms with Crippen LogP contribution in [0.15, 0.2) is 0 Å². The van der Waals surface area contributed by atoms with Crippen molar-refractivity contribution in [3.63, 3.8) is 0 Å². The predicted octanol–water partition coefficient (Wildman–Crippen LogP) is 0.178. The summed E-state index contributed by atoms with van der Waals surface area (Å²) in [6, 6.07) is 0. The molecule has 7 heteroatoms. The molecule has 6 nitrogen and oxygen atoms in total. The number of carboxylic acids is 1. The Hall–Kier alpha value is -0.950. The minimum atomic E-state index is -1.37. The van der Waals surface area contributed by atoms with Gasteiger partial charge in [-0.15, -0.1) is 0 Å². The van der Waals surface area contributed by atoms with E-state index in [1.807, 2.05) is 0 Å². The average molecular weight is 266 g/mol. The van der Waals surface area contributed by atoms with Crippen LogP contribution in [0, 0.1) is 0 Å². The lowest BCUT2D eigenvalue weighted by Crippen LogP contribution is -2.24. The summed E-state index contributed by atoms with van der Waals surface area (Å²) in [5.41, 5.74) is 0. The number of hydrogen-bond acceptors (Lipinski definition) is 5. The summed E-state index contributed by atoms with van der Waals surface area (Å²) in [6.45, 7) is 1.96. The van der Waals surface area contributed by atoms with Gasteiger partial charge in [0.1, 0.15) is 11.9 Å². The number of carboxylic acid groups (broad SMARTS) is 1. The van der Waals surface area contributed by atoms with Crippen molar-refractivity contribution in [2.45, 2.75) is 25.9 Å². The van der Waals surface area contributed by atoms with Crippen LogP contribution in [0.4, 0.5) is 0 Å². The maximum atomic E-state index is 11.4. The number of rotatable bonds is 9. The van der Waals surface area contributed by atoms with Gasteiger partial charge in [0, 0.05) is 30.1 Å². The summed E-state index contributed by atoms with van der Waals surface area (Å²) < 4.78 is 21.1. The standard InChI is InChI=1S/C10H18O6S/c1-8(6-15-2)16-10(13)7-17(14)5-3-4-9(11)12/h8H,3-7H2,1-2H3,(H,11,12). The molecule has 0 aromatic rings. The Morgan fingerprint density at radius 3 is 2.59 bits per heavy atom. The first-order valence-corrected chi connectivity index (χ1v) is 6.69. The molecule has 0 saturated carbocycles. The molecule has 0 bridgehead atoms. The number of carbonyl (C=O) groups is 2. The normalized spacial score (nSPS) is 14.0. The molecule has 0 fully saturated rings. The fraction of sp³-hybridized carbons (Fsp3) is 0.800. The van der Waals surface area contributed by atoms with Crippen LogP contribution in [0.5, 0.6) is 0 Å². The molecule has 0 aliphatic rings. The van der Waals surface area contributed by atoms with Gasteiger partial charge in [0.25, 0.3) is 0 Å². The topological polar surface area (TPSA) is 89.9 Å².